The van der Waals surface area contributed by atoms with E-state index in [1.807, 2.05) is 11.8 Å². The number of amidine groups is 1. The fourth-order valence-electron chi connectivity index (χ4n) is 4.00. The normalized spacial score (nSPS) is 32.5. The van der Waals surface area contributed by atoms with Crippen molar-refractivity contribution >= 4 is 16.9 Å². The average molecular weight is 297 g/mol. The van der Waals surface area contributed by atoms with Crippen molar-refractivity contribution in [1.82, 2.24) is 5.32 Å². The van der Waals surface area contributed by atoms with Crippen LogP contribution in [-0.4, -0.2) is 23.5 Å². The lowest BCUT2D eigenvalue weighted by molar-refractivity contribution is 0.212. The van der Waals surface area contributed by atoms with Crippen LogP contribution >= 0.6 is 11.8 Å². The molecule has 2 nitrogen and oxygen atoms in total. The van der Waals surface area contributed by atoms with Crippen molar-refractivity contribution in [2.45, 2.75) is 83.7 Å². The van der Waals surface area contributed by atoms with Crippen LogP contribution in [-0.2, 0) is 0 Å². The van der Waals surface area contributed by atoms with Gasteiger partial charge in [-0.2, -0.15) is 0 Å². The van der Waals surface area contributed by atoms with E-state index in [0.29, 0.717) is 12.1 Å². The number of nitrogens with zero attached hydrogens (tertiary/aromatic N) is 1. The van der Waals surface area contributed by atoms with E-state index in [0.717, 1.165) is 11.8 Å². The van der Waals surface area contributed by atoms with Gasteiger partial charge in [0.1, 0.15) is 0 Å². The fraction of sp³-hybridized carbons (Fsp3) is 0.941. The Labute approximate surface area is 129 Å². The summed E-state index contributed by atoms with van der Waals surface area (Å²) in [5.41, 5.74) is 0. The molecule has 2 atom stereocenters. The molecule has 2 saturated carbocycles. The first kappa shape index (κ1) is 16.2. The van der Waals surface area contributed by atoms with Crippen molar-refractivity contribution in [3.63, 3.8) is 0 Å². The van der Waals surface area contributed by atoms with Gasteiger partial charge in [-0.1, -0.05) is 57.7 Å². The molecule has 20 heavy (non-hydrogen) atoms. The van der Waals surface area contributed by atoms with E-state index in [-0.39, 0.29) is 0 Å². The molecule has 0 spiro atoms. The number of hydrogen-bond donors (Lipinski definition) is 1. The second-order valence-corrected chi connectivity index (χ2v) is 7.32. The summed E-state index contributed by atoms with van der Waals surface area (Å²) in [6.07, 6.45) is 14.4. The van der Waals surface area contributed by atoms with E-state index in [1.54, 1.807) is 0 Å². The molecule has 3 heteroatoms. The molecule has 1 N–H and O–H groups in total. The van der Waals surface area contributed by atoms with Gasteiger partial charge in [0.25, 0.3) is 0 Å². The van der Waals surface area contributed by atoms with Crippen molar-refractivity contribution in [1.29, 1.82) is 0 Å². The van der Waals surface area contributed by atoms with Crippen LogP contribution in [0, 0.1) is 11.8 Å². The van der Waals surface area contributed by atoms with Crippen LogP contribution in [0.25, 0.3) is 0 Å². The first-order valence-electron chi connectivity index (χ1n) is 8.66. The van der Waals surface area contributed by atoms with Crippen molar-refractivity contribution in [2.75, 3.05) is 6.26 Å². The van der Waals surface area contributed by atoms with Crippen LogP contribution in [0.3, 0.4) is 0 Å². The van der Waals surface area contributed by atoms with Crippen LogP contribution in [0.4, 0.5) is 0 Å². The third-order valence-corrected chi connectivity index (χ3v) is 5.92. The Morgan fingerprint density at radius 2 is 1.60 bits per heavy atom. The van der Waals surface area contributed by atoms with Crippen molar-refractivity contribution < 1.29 is 0 Å². The predicted molar refractivity (Wildman–Crippen MR) is 91.5 cm³/mol. The predicted octanol–water partition coefficient (Wildman–Crippen LogP) is 4.84. The zero-order valence-corrected chi connectivity index (χ0v) is 14.3. The quantitative estimate of drug-likeness (QED) is 0.593. The molecule has 2 unspecified atom stereocenters. The van der Waals surface area contributed by atoms with E-state index in [2.05, 4.69) is 25.4 Å². The summed E-state index contributed by atoms with van der Waals surface area (Å²) in [6.45, 7) is 4.68. The van der Waals surface area contributed by atoms with E-state index < -0.39 is 0 Å². The van der Waals surface area contributed by atoms with Crippen molar-refractivity contribution in [3.05, 3.63) is 0 Å². The zero-order valence-electron chi connectivity index (χ0n) is 13.5. The van der Waals surface area contributed by atoms with Gasteiger partial charge in [0, 0.05) is 6.04 Å². The van der Waals surface area contributed by atoms with Gasteiger partial charge in [-0.15, -0.1) is 0 Å². The molecule has 0 heterocycles. The summed E-state index contributed by atoms with van der Waals surface area (Å²) >= 11 is 1.81. The molecular formula is C17H32N2S. The maximum Gasteiger partial charge on any atom is 0.156 e. The molecule has 0 radical (unpaired) electrons. The Hall–Kier alpha value is -0.180. The maximum absolute atomic E-state index is 5.19. The van der Waals surface area contributed by atoms with Gasteiger partial charge in [0.15, 0.2) is 5.17 Å². The Kier molecular flexibility index (Phi) is 6.73. The van der Waals surface area contributed by atoms with Gasteiger partial charge < -0.3 is 5.32 Å². The molecule has 0 aliphatic heterocycles. The Morgan fingerprint density at radius 3 is 2.10 bits per heavy atom. The molecule has 2 aliphatic rings. The molecule has 0 aromatic rings. The first-order chi connectivity index (χ1) is 9.78. The maximum atomic E-state index is 5.19. The lowest BCUT2D eigenvalue weighted by Gasteiger charge is -2.35. The number of rotatable bonds is 4. The highest BCUT2D eigenvalue weighted by Gasteiger charge is 2.31. The minimum atomic E-state index is 0.565. The van der Waals surface area contributed by atoms with Gasteiger partial charge in [-0.3, -0.25) is 4.99 Å². The Bertz CT molecular complexity index is 298. The van der Waals surface area contributed by atoms with E-state index >= 15 is 0 Å². The summed E-state index contributed by atoms with van der Waals surface area (Å²) in [5.74, 6) is 1.61. The third kappa shape index (κ3) is 4.16. The van der Waals surface area contributed by atoms with E-state index in [4.69, 9.17) is 4.99 Å². The zero-order chi connectivity index (χ0) is 14.4. The summed E-state index contributed by atoms with van der Waals surface area (Å²) in [6, 6.07) is 1.25. The molecule has 116 valence electrons. The van der Waals surface area contributed by atoms with Gasteiger partial charge >= 0.3 is 0 Å². The smallest absolute Gasteiger partial charge is 0.156 e. The van der Waals surface area contributed by atoms with E-state index in [1.165, 1.54) is 63.0 Å². The number of aliphatic imine (C=N–C) groups is 1. The monoisotopic (exact) mass is 296 g/mol. The number of hydrogen-bond acceptors (Lipinski definition) is 2. The molecule has 0 aromatic carbocycles. The average Bonchev–Trinajstić information content (AvgIpc) is 2.99. The SMILES string of the molecule is CCC1CCCC(CC)C1N=C(NC1CCCC1)SC. The van der Waals surface area contributed by atoms with Crippen LogP contribution < -0.4 is 5.32 Å². The van der Waals surface area contributed by atoms with Crippen molar-refractivity contribution in [2.24, 2.45) is 16.8 Å². The lowest BCUT2D eigenvalue weighted by atomic mass is 9.75. The highest BCUT2D eigenvalue weighted by atomic mass is 32.2. The Balaban J connectivity index is 2.04. The van der Waals surface area contributed by atoms with E-state index in [9.17, 15) is 0 Å². The highest BCUT2D eigenvalue weighted by molar-refractivity contribution is 8.13. The van der Waals surface area contributed by atoms with Crippen LogP contribution in [0.15, 0.2) is 4.99 Å². The topological polar surface area (TPSA) is 24.4 Å². The first-order valence-corrected chi connectivity index (χ1v) is 9.89. The minimum absolute atomic E-state index is 0.565. The lowest BCUT2D eigenvalue weighted by Crippen LogP contribution is -2.36. The fourth-order valence-corrected chi connectivity index (χ4v) is 4.51. The summed E-state index contributed by atoms with van der Waals surface area (Å²) in [7, 11) is 0. The molecule has 2 aliphatic carbocycles. The summed E-state index contributed by atoms with van der Waals surface area (Å²) < 4.78 is 0. The molecule has 0 bridgehead atoms. The Morgan fingerprint density at radius 1 is 1.00 bits per heavy atom. The van der Waals surface area contributed by atoms with Crippen LogP contribution in [0.2, 0.25) is 0 Å². The molecule has 2 fully saturated rings. The molecule has 2 rings (SSSR count). The summed E-state index contributed by atoms with van der Waals surface area (Å²) in [4.78, 5) is 5.19. The summed E-state index contributed by atoms with van der Waals surface area (Å²) in [5, 5.41) is 4.92. The standard InChI is InChI=1S/C17H32N2S/c1-4-13-9-8-10-14(5-2)16(13)19-17(20-3)18-15-11-6-7-12-15/h13-16H,4-12H2,1-3H3,(H,18,19). The minimum Gasteiger partial charge on any atom is -0.362 e. The number of nitrogens with one attached hydrogen (secondary N) is 1. The second-order valence-electron chi connectivity index (χ2n) is 6.52. The highest BCUT2D eigenvalue weighted by Crippen LogP contribution is 2.36. The third-order valence-electron chi connectivity index (χ3n) is 5.31. The second kappa shape index (κ2) is 8.31. The molecule has 0 amide bonds. The largest absolute Gasteiger partial charge is 0.362 e. The van der Waals surface area contributed by atoms with Gasteiger partial charge in [-0.05, 0) is 43.8 Å². The van der Waals surface area contributed by atoms with Crippen molar-refractivity contribution in [3.8, 4) is 0 Å². The van der Waals surface area contributed by atoms with Crippen LogP contribution in [0.1, 0.15) is 71.6 Å². The molecular weight excluding hydrogens is 264 g/mol. The van der Waals surface area contributed by atoms with Gasteiger partial charge in [0.05, 0.1) is 6.04 Å². The van der Waals surface area contributed by atoms with Gasteiger partial charge in [-0.25, -0.2) is 0 Å². The molecule has 0 saturated heterocycles. The molecule has 0 aromatic heterocycles. The van der Waals surface area contributed by atoms with Crippen LogP contribution in [0.5, 0.6) is 0 Å². The van der Waals surface area contributed by atoms with Gasteiger partial charge in [0.2, 0.25) is 0 Å². The number of thioether (sulfide) groups is 1.